The quantitative estimate of drug-likeness (QED) is 0.139. The molecule has 2 nitrogen and oxygen atoms in total. The highest BCUT2D eigenvalue weighted by molar-refractivity contribution is 9.11. The van der Waals surface area contributed by atoms with E-state index in [0.29, 0.717) is 0 Å². The molecule has 196 valence electrons. The van der Waals surface area contributed by atoms with Gasteiger partial charge in [0, 0.05) is 21.5 Å². The van der Waals surface area contributed by atoms with E-state index in [1.165, 1.54) is 20.7 Å². The van der Waals surface area contributed by atoms with Crippen molar-refractivity contribution in [2.45, 2.75) is 0 Å². The van der Waals surface area contributed by atoms with Gasteiger partial charge in [0.2, 0.25) is 0 Å². The van der Waals surface area contributed by atoms with Gasteiger partial charge in [-0.1, -0.05) is 121 Å². The molecule has 5 heteroatoms. The van der Waals surface area contributed by atoms with Crippen molar-refractivity contribution < 1.29 is 8.83 Å². The molecule has 0 saturated carbocycles. The van der Waals surface area contributed by atoms with E-state index in [4.69, 9.17) is 8.83 Å². The molecule has 0 fully saturated rings. The Morgan fingerprint density at radius 2 is 0.732 bits per heavy atom. The van der Waals surface area contributed by atoms with Crippen molar-refractivity contribution in [3.8, 4) is 0 Å². The first kappa shape index (κ1) is 24.9. The molecule has 0 aliphatic carbocycles. The number of para-hydroxylation sites is 4. The third-order valence-electron chi connectivity index (χ3n) is 8.17. The fraction of sp³-hybridized carbons (Fsp3) is 0. The number of hydrogen-bond donors (Lipinski definition) is 0. The van der Waals surface area contributed by atoms with Gasteiger partial charge in [-0.05, 0) is 64.7 Å². The first-order valence-corrected chi connectivity index (χ1v) is 17.1. The van der Waals surface area contributed by atoms with E-state index >= 15 is 0 Å². The Balaban J connectivity index is 1.62. The largest absolute Gasteiger partial charge is 0.455 e. The molecule has 0 bridgehead atoms. The summed E-state index contributed by atoms with van der Waals surface area (Å²) in [5.74, 6) is 0. The van der Waals surface area contributed by atoms with Crippen LogP contribution < -0.4 is 20.7 Å². The Kier molecular flexibility index (Phi) is 5.81. The predicted octanol–water partition coefficient (Wildman–Crippen LogP) is 8.39. The fourth-order valence-corrected chi connectivity index (χ4v) is 12.4. The Labute approximate surface area is 254 Å². The van der Waals surface area contributed by atoms with Crippen molar-refractivity contribution in [2.24, 2.45) is 0 Å². The van der Waals surface area contributed by atoms with Crippen molar-refractivity contribution >= 4 is 105 Å². The molecular formula is C36H22Br2O2Si. The van der Waals surface area contributed by atoms with E-state index in [1.54, 1.807) is 0 Å². The number of benzene rings is 6. The zero-order chi connectivity index (χ0) is 27.6. The minimum atomic E-state index is -3.01. The maximum atomic E-state index is 6.82. The fourth-order valence-electron chi connectivity index (χ4n) is 6.47. The molecular weight excluding hydrogens is 652 g/mol. The average Bonchev–Trinajstić information content (AvgIpc) is 3.60. The van der Waals surface area contributed by atoms with Gasteiger partial charge in [-0.2, -0.15) is 0 Å². The highest BCUT2D eigenvalue weighted by Gasteiger charge is 2.45. The summed E-state index contributed by atoms with van der Waals surface area (Å²) in [6.07, 6.45) is 0. The van der Waals surface area contributed by atoms with E-state index in [0.717, 1.165) is 52.8 Å². The number of fused-ring (bicyclic) bond motifs is 6. The lowest BCUT2D eigenvalue weighted by Gasteiger charge is -2.34. The highest BCUT2D eigenvalue weighted by atomic mass is 79.9. The summed E-state index contributed by atoms with van der Waals surface area (Å²) in [5, 5.41) is 9.36. The summed E-state index contributed by atoms with van der Waals surface area (Å²) < 4.78 is 15.6. The summed E-state index contributed by atoms with van der Waals surface area (Å²) in [6, 6.07) is 47.6. The van der Waals surface area contributed by atoms with E-state index < -0.39 is 8.07 Å². The molecule has 0 amide bonds. The van der Waals surface area contributed by atoms with E-state index in [1.807, 2.05) is 12.1 Å². The molecule has 0 spiro atoms. The topological polar surface area (TPSA) is 26.3 Å². The van der Waals surface area contributed by atoms with E-state index in [2.05, 4.69) is 153 Å². The average molecular weight is 674 g/mol. The van der Waals surface area contributed by atoms with Gasteiger partial charge in [0.05, 0.1) is 8.95 Å². The van der Waals surface area contributed by atoms with Gasteiger partial charge in [0.1, 0.15) is 22.3 Å². The second kappa shape index (κ2) is 9.59. The van der Waals surface area contributed by atoms with Gasteiger partial charge in [-0.3, -0.25) is 0 Å². The molecule has 8 aromatic rings. The smallest absolute Gasteiger partial charge is 0.188 e. The van der Waals surface area contributed by atoms with Crippen molar-refractivity contribution in [2.75, 3.05) is 0 Å². The van der Waals surface area contributed by atoms with Crippen LogP contribution in [0.3, 0.4) is 0 Å². The van der Waals surface area contributed by atoms with E-state index in [9.17, 15) is 0 Å². The second-order valence-corrected chi connectivity index (χ2v) is 15.7. The van der Waals surface area contributed by atoms with Crippen LogP contribution in [0.1, 0.15) is 0 Å². The summed E-state index contributed by atoms with van der Waals surface area (Å²) in [7, 11) is -3.01. The minimum absolute atomic E-state index is 0.866. The van der Waals surface area contributed by atoms with Crippen molar-refractivity contribution in [1.29, 1.82) is 0 Å². The van der Waals surface area contributed by atoms with Crippen LogP contribution in [-0.4, -0.2) is 8.07 Å². The van der Waals surface area contributed by atoms with Crippen LogP contribution in [0, 0.1) is 0 Å². The lowest BCUT2D eigenvalue weighted by molar-refractivity contribution is 0.668. The summed E-state index contributed by atoms with van der Waals surface area (Å²) in [5.41, 5.74) is 3.57. The maximum Gasteiger partial charge on any atom is 0.188 e. The molecule has 0 unspecified atom stereocenters. The van der Waals surface area contributed by atoms with Crippen LogP contribution in [0.2, 0.25) is 0 Å². The molecule has 0 atom stereocenters. The molecule has 0 radical (unpaired) electrons. The van der Waals surface area contributed by atoms with Gasteiger partial charge in [0.25, 0.3) is 0 Å². The molecule has 41 heavy (non-hydrogen) atoms. The third-order valence-corrected chi connectivity index (χ3v) is 14.2. The van der Waals surface area contributed by atoms with Gasteiger partial charge < -0.3 is 8.83 Å². The standard InChI is InChI=1S/C36H22Br2O2Si/c37-29-19-7-15-25-27-17-9-21-31(35(27)39-33(25)29)41(23-11-3-1-4-12-23,24-13-5-2-6-14-24)32-22-10-18-28-26-16-8-20-30(38)34(26)40-36(28)32/h1-22H. The molecule has 0 N–H and O–H groups in total. The second-order valence-electron chi connectivity index (χ2n) is 10.3. The zero-order valence-corrected chi connectivity index (χ0v) is 25.9. The Morgan fingerprint density at radius 3 is 1.15 bits per heavy atom. The maximum absolute atomic E-state index is 6.82. The number of rotatable bonds is 4. The third kappa shape index (κ3) is 3.59. The van der Waals surface area contributed by atoms with Gasteiger partial charge in [0.15, 0.2) is 8.07 Å². The minimum Gasteiger partial charge on any atom is -0.455 e. The Morgan fingerprint density at radius 1 is 0.366 bits per heavy atom. The monoisotopic (exact) mass is 672 g/mol. The highest BCUT2D eigenvalue weighted by Crippen LogP contribution is 2.36. The van der Waals surface area contributed by atoms with Crippen LogP contribution >= 0.6 is 31.9 Å². The van der Waals surface area contributed by atoms with Crippen LogP contribution in [0.15, 0.2) is 151 Å². The van der Waals surface area contributed by atoms with Crippen LogP contribution in [0.4, 0.5) is 0 Å². The Hall–Kier alpha value is -3.90. The van der Waals surface area contributed by atoms with Gasteiger partial charge in [-0.25, -0.2) is 0 Å². The lowest BCUT2D eigenvalue weighted by Crippen LogP contribution is -2.75. The molecule has 0 saturated heterocycles. The van der Waals surface area contributed by atoms with Crippen LogP contribution in [0.5, 0.6) is 0 Å². The molecule has 2 aromatic heterocycles. The zero-order valence-electron chi connectivity index (χ0n) is 21.8. The summed E-state index contributed by atoms with van der Waals surface area (Å²) in [6.45, 7) is 0. The molecule has 0 aliphatic heterocycles. The van der Waals surface area contributed by atoms with Gasteiger partial charge >= 0.3 is 0 Å². The SMILES string of the molecule is Brc1cccc2c1oc1c([Si](c3ccccc3)(c3ccccc3)c3cccc4c3oc3c(Br)cccc34)cccc12. The van der Waals surface area contributed by atoms with Crippen molar-refractivity contribution in [1.82, 2.24) is 0 Å². The lowest BCUT2D eigenvalue weighted by atomic mass is 10.1. The number of hydrogen-bond acceptors (Lipinski definition) is 2. The van der Waals surface area contributed by atoms with Gasteiger partial charge in [-0.15, -0.1) is 0 Å². The van der Waals surface area contributed by atoms with E-state index in [-0.39, 0.29) is 0 Å². The molecule has 0 aliphatic rings. The van der Waals surface area contributed by atoms with Crippen molar-refractivity contribution in [3.63, 3.8) is 0 Å². The normalized spacial score (nSPS) is 12.1. The first-order valence-electron chi connectivity index (χ1n) is 13.5. The first-order chi connectivity index (χ1) is 20.2. The van der Waals surface area contributed by atoms with Crippen LogP contribution in [-0.2, 0) is 0 Å². The Bertz CT molecular complexity index is 2070. The molecule has 2 heterocycles. The summed E-state index contributed by atoms with van der Waals surface area (Å²) >= 11 is 7.48. The summed E-state index contributed by atoms with van der Waals surface area (Å²) in [4.78, 5) is 0. The molecule has 6 aromatic carbocycles. The van der Waals surface area contributed by atoms with Crippen LogP contribution in [0.25, 0.3) is 43.9 Å². The predicted molar refractivity (Wildman–Crippen MR) is 180 cm³/mol. The van der Waals surface area contributed by atoms with Crippen molar-refractivity contribution in [3.05, 3.63) is 142 Å². The number of halogens is 2. The number of furan rings is 2. The molecule has 8 rings (SSSR count).